The molecule has 0 spiro atoms. The molecule has 1 aromatic rings. The normalized spacial score (nSPS) is 19.2. The van der Waals surface area contributed by atoms with Gasteiger partial charge in [-0.05, 0) is 32.9 Å². The average molecular weight is 249 g/mol. The number of rotatable bonds is 3. The van der Waals surface area contributed by atoms with Crippen molar-refractivity contribution in [2.45, 2.75) is 44.7 Å². The maximum atomic E-state index is 13.7. The lowest BCUT2D eigenvalue weighted by Gasteiger charge is -2.35. The van der Waals surface area contributed by atoms with E-state index in [0.717, 1.165) is 18.4 Å². The van der Waals surface area contributed by atoms with Crippen LogP contribution in [0.3, 0.4) is 0 Å². The van der Waals surface area contributed by atoms with E-state index in [0.29, 0.717) is 24.7 Å². The molecular formula is C15H20FNO. The van der Waals surface area contributed by atoms with Crippen LogP contribution < -0.4 is 0 Å². The zero-order valence-corrected chi connectivity index (χ0v) is 11.0. The highest BCUT2D eigenvalue weighted by Crippen LogP contribution is 2.28. The summed E-state index contributed by atoms with van der Waals surface area (Å²) < 4.78 is 13.7. The molecule has 18 heavy (non-hydrogen) atoms. The molecule has 1 aliphatic carbocycles. The zero-order valence-electron chi connectivity index (χ0n) is 11.0. The zero-order chi connectivity index (χ0) is 13.1. The molecule has 0 heterocycles. The quantitative estimate of drug-likeness (QED) is 0.819. The average Bonchev–Trinajstić information content (AvgIpc) is 2.38. The molecule has 1 atom stereocenters. The first-order valence-corrected chi connectivity index (χ1v) is 6.57. The second kappa shape index (κ2) is 5.61. The molecule has 0 aromatic heterocycles. The van der Waals surface area contributed by atoms with E-state index < -0.39 is 0 Å². The van der Waals surface area contributed by atoms with Crippen LogP contribution in [0, 0.1) is 5.82 Å². The summed E-state index contributed by atoms with van der Waals surface area (Å²) in [6, 6.07) is 7.36. The lowest BCUT2D eigenvalue weighted by molar-refractivity contribution is -0.121. The highest BCUT2D eigenvalue weighted by atomic mass is 19.1. The molecule has 0 bridgehead atoms. The van der Waals surface area contributed by atoms with E-state index in [1.807, 2.05) is 26.1 Å². The van der Waals surface area contributed by atoms with Crippen molar-refractivity contribution in [3.8, 4) is 0 Å². The minimum absolute atomic E-state index is 0.0457. The summed E-state index contributed by atoms with van der Waals surface area (Å²) in [4.78, 5) is 13.4. The van der Waals surface area contributed by atoms with Crippen LogP contribution in [0.15, 0.2) is 24.3 Å². The summed E-state index contributed by atoms with van der Waals surface area (Å²) in [7, 11) is 2.03. The van der Waals surface area contributed by atoms with Gasteiger partial charge in [0.1, 0.15) is 11.6 Å². The molecule has 0 aliphatic heterocycles. The van der Waals surface area contributed by atoms with Crippen LogP contribution in [0.25, 0.3) is 0 Å². The number of carbonyl (C=O) groups excluding carboxylic acids is 1. The van der Waals surface area contributed by atoms with Crippen molar-refractivity contribution in [3.05, 3.63) is 35.6 Å². The van der Waals surface area contributed by atoms with Gasteiger partial charge in [0.15, 0.2) is 0 Å². The summed E-state index contributed by atoms with van der Waals surface area (Å²) >= 11 is 0. The Kier molecular flexibility index (Phi) is 4.12. The van der Waals surface area contributed by atoms with Crippen molar-refractivity contribution in [1.29, 1.82) is 0 Å². The van der Waals surface area contributed by atoms with Gasteiger partial charge in [0.25, 0.3) is 0 Å². The Bertz CT molecular complexity index is 422. The Morgan fingerprint density at radius 1 is 1.28 bits per heavy atom. The molecule has 1 fully saturated rings. The monoisotopic (exact) mass is 249 g/mol. The maximum Gasteiger partial charge on any atom is 0.133 e. The SMILES string of the molecule is CC(c1ccccc1F)N(C)C1CCC(=O)CC1. The van der Waals surface area contributed by atoms with Gasteiger partial charge in [-0.15, -0.1) is 0 Å². The largest absolute Gasteiger partial charge is 0.300 e. The molecule has 0 radical (unpaired) electrons. The van der Waals surface area contributed by atoms with Gasteiger partial charge >= 0.3 is 0 Å². The van der Waals surface area contributed by atoms with Crippen molar-refractivity contribution in [2.75, 3.05) is 7.05 Å². The van der Waals surface area contributed by atoms with Gasteiger partial charge in [0, 0.05) is 30.5 Å². The second-order valence-corrected chi connectivity index (χ2v) is 5.13. The number of nitrogens with zero attached hydrogens (tertiary/aromatic N) is 1. The van der Waals surface area contributed by atoms with Gasteiger partial charge in [0.2, 0.25) is 0 Å². The molecule has 1 aromatic carbocycles. The van der Waals surface area contributed by atoms with Crippen LogP contribution in [0.4, 0.5) is 4.39 Å². The lowest BCUT2D eigenvalue weighted by Crippen LogP contribution is -2.37. The molecule has 0 N–H and O–H groups in total. The Labute approximate surface area is 108 Å². The molecule has 2 nitrogen and oxygen atoms in total. The standard InChI is InChI=1S/C15H20FNO/c1-11(14-5-3-4-6-15(14)16)17(2)12-7-9-13(18)10-8-12/h3-6,11-12H,7-10H2,1-2H3. The number of Topliss-reactive ketones (excluding diaryl/α,β-unsaturated/α-hetero) is 1. The number of carbonyl (C=O) groups is 1. The topological polar surface area (TPSA) is 20.3 Å². The van der Waals surface area contributed by atoms with Gasteiger partial charge < -0.3 is 0 Å². The fraction of sp³-hybridized carbons (Fsp3) is 0.533. The van der Waals surface area contributed by atoms with Gasteiger partial charge in [-0.25, -0.2) is 4.39 Å². The predicted molar refractivity (Wildman–Crippen MR) is 69.8 cm³/mol. The van der Waals surface area contributed by atoms with E-state index in [1.165, 1.54) is 6.07 Å². The van der Waals surface area contributed by atoms with E-state index >= 15 is 0 Å². The van der Waals surface area contributed by atoms with Crippen molar-refractivity contribution < 1.29 is 9.18 Å². The van der Waals surface area contributed by atoms with Crippen LogP contribution in [0.1, 0.15) is 44.2 Å². The number of benzene rings is 1. The van der Waals surface area contributed by atoms with E-state index in [2.05, 4.69) is 4.90 Å². The Morgan fingerprint density at radius 3 is 2.50 bits per heavy atom. The van der Waals surface area contributed by atoms with Crippen molar-refractivity contribution >= 4 is 5.78 Å². The highest BCUT2D eigenvalue weighted by Gasteiger charge is 2.26. The van der Waals surface area contributed by atoms with E-state index in [-0.39, 0.29) is 11.9 Å². The van der Waals surface area contributed by atoms with Crippen molar-refractivity contribution in [2.24, 2.45) is 0 Å². The van der Waals surface area contributed by atoms with Crippen LogP contribution in [0.5, 0.6) is 0 Å². The Balaban J connectivity index is 2.07. The first kappa shape index (κ1) is 13.2. The molecule has 1 unspecified atom stereocenters. The van der Waals surface area contributed by atoms with Gasteiger partial charge in [-0.1, -0.05) is 18.2 Å². The third-order valence-electron chi connectivity index (χ3n) is 4.05. The van der Waals surface area contributed by atoms with Crippen molar-refractivity contribution in [3.63, 3.8) is 0 Å². The smallest absolute Gasteiger partial charge is 0.133 e. The van der Waals surface area contributed by atoms with Gasteiger partial charge in [-0.2, -0.15) is 0 Å². The van der Waals surface area contributed by atoms with Crippen LogP contribution in [0.2, 0.25) is 0 Å². The molecule has 1 aliphatic rings. The fourth-order valence-electron chi connectivity index (χ4n) is 2.68. The Morgan fingerprint density at radius 2 is 1.89 bits per heavy atom. The maximum absolute atomic E-state index is 13.7. The number of halogens is 1. The molecule has 0 saturated heterocycles. The molecule has 0 amide bonds. The Hall–Kier alpha value is -1.22. The highest BCUT2D eigenvalue weighted by molar-refractivity contribution is 5.79. The van der Waals surface area contributed by atoms with E-state index in [4.69, 9.17) is 0 Å². The summed E-state index contributed by atoms with van der Waals surface area (Å²) in [6.07, 6.45) is 3.13. The summed E-state index contributed by atoms with van der Waals surface area (Å²) in [6.45, 7) is 2.02. The summed E-state index contributed by atoms with van der Waals surface area (Å²) in [5, 5.41) is 0. The molecule has 98 valence electrons. The van der Waals surface area contributed by atoms with Crippen LogP contribution in [-0.2, 0) is 4.79 Å². The summed E-state index contributed by atoms with van der Waals surface area (Å²) in [5.74, 6) is 0.210. The first-order chi connectivity index (χ1) is 8.59. The molecular weight excluding hydrogens is 229 g/mol. The van der Waals surface area contributed by atoms with Gasteiger partial charge in [0.05, 0.1) is 0 Å². The second-order valence-electron chi connectivity index (χ2n) is 5.13. The molecule has 2 rings (SSSR count). The first-order valence-electron chi connectivity index (χ1n) is 6.57. The number of hydrogen-bond donors (Lipinski definition) is 0. The van der Waals surface area contributed by atoms with Crippen LogP contribution >= 0.6 is 0 Å². The third-order valence-corrected chi connectivity index (χ3v) is 4.05. The van der Waals surface area contributed by atoms with Crippen molar-refractivity contribution in [1.82, 2.24) is 4.90 Å². The van der Waals surface area contributed by atoms with E-state index in [1.54, 1.807) is 6.07 Å². The van der Waals surface area contributed by atoms with Crippen LogP contribution in [-0.4, -0.2) is 23.8 Å². The minimum atomic E-state index is -0.149. The predicted octanol–water partition coefficient (Wildman–Crippen LogP) is 3.33. The number of ketones is 1. The fourth-order valence-corrected chi connectivity index (χ4v) is 2.68. The lowest BCUT2D eigenvalue weighted by atomic mass is 9.92. The molecule has 1 saturated carbocycles. The minimum Gasteiger partial charge on any atom is -0.300 e. The summed E-state index contributed by atoms with van der Waals surface area (Å²) in [5.41, 5.74) is 0.733. The number of hydrogen-bond acceptors (Lipinski definition) is 2. The van der Waals surface area contributed by atoms with Gasteiger partial charge in [-0.3, -0.25) is 9.69 Å². The molecule has 3 heteroatoms. The van der Waals surface area contributed by atoms with E-state index in [9.17, 15) is 9.18 Å². The third kappa shape index (κ3) is 2.78.